The number of aryl methyl sites for hydroxylation is 1. The van der Waals surface area contributed by atoms with Gasteiger partial charge in [0, 0.05) is 12.7 Å². The van der Waals surface area contributed by atoms with Crippen molar-refractivity contribution < 1.29 is 9.90 Å². The monoisotopic (exact) mass is 259 g/mol. The molecule has 0 radical (unpaired) electrons. The molecule has 0 aliphatic heterocycles. The first kappa shape index (κ1) is 13.3. The van der Waals surface area contributed by atoms with E-state index in [-0.39, 0.29) is 12.5 Å². The van der Waals surface area contributed by atoms with E-state index in [1.165, 1.54) is 6.20 Å². The van der Waals surface area contributed by atoms with Crippen LogP contribution in [0.5, 0.6) is 0 Å². The highest BCUT2D eigenvalue weighted by Crippen LogP contribution is 2.13. The molecule has 0 fully saturated rings. The molecule has 0 aliphatic carbocycles. The van der Waals surface area contributed by atoms with Crippen molar-refractivity contribution in [1.82, 2.24) is 15.1 Å². The minimum absolute atomic E-state index is 0.231. The van der Waals surface area contributed by atoms with Gasteiger partial charge >= 0.3 is 0 Å². The SMILES string of the molecule is Cc1ccccc1-n1cc(C(=O)NCC(C)O)cn1. The molecule has 0 spiro atoms. The summed E-state index contributed by atoms with van der Waals surface area (Å²) in [6.45, 7) is 3.84. The van der Waals surface area contributed by atoms with Gasteiger partial charge in [0.25, 0.3) is 5.91 Å². The van der Waals surface area contributed by atoms with E-state index in [0.717, 1.165) is 11.3 Å². The number of aromatic nitrogens is 2. The second kappa shape index (κ2) is 5.67. The van der Waals surface area contributed by atoms with Crippen molar-refractivity contribution in [3.05, 3.63) is 47.8 Å². The van der Waals surface area contributed by atoms with Gasteiger partial charge in [-0.15, -0.1) is 0 Å². The molecule has 0 aliphatic rings. The summed E-state index contributed by atoms with van der Waals surface area (Å²) in [4.78, 5) is 11.8. The maximum absolute atomic E-state index is 11.8. The van der Waals surface area contributed by atoms with Gasteiger partial charge in [0.05, 0.1) is 23.6 Å². The number of para-hydroxylation sites is 1. The Morgan fingerprint density at radius 3 is 2.89 bits per heavy atom. The number of carbonyl (C=O) groups is 1. The second-order valence-electron chi connectivity index (χ2n) is 4.52. The van der Waals surface area contributed by atoms with Crippen molar-refractivity contribution in [1.29, 1.82) is 0 Å². The fourth-order valence-electron chi connectivity index (χ4n) is 1.73. The summed E-state index contributed by atoms with van der Waals surface area (Å²) < 4.78 is 1.67. The molecule has 5 heteroatoms. The van der Waals surface area contributed by atoms with Gasteiger partial charge in [-0.25, -0.2) is 4.68 Å². The number of hydrogen-bond acceptors (Lipinski definition) is 3. The average molecular weight is 259 g/mol. The van der Waals surface area contributed by atoms with Gasteiger partial charge in [-0.1, -0.05) is 18.2 Å². The molecule has 5 nitrogen and oxygen atoms in total. The molecule has 1 atom stereocenters. The summed E-state index contributed by atoms with van der Waals surface area (Å²) >= 11 is 0. The van der Waals surface area contributed by atoms with Crippen LogP contribution in [0.15, 0.2) is 36.7 Å². The van der Waals surface area contributed by atoms with Gasteiger partial charge in [0.1, 0.15) is 0 Å². The quantitative estimate of drug-likeness (QED) is 0.869. The van der Waals surface area contributed by atoms with E-state index in [1.807, 2.05) is 31.2 Å². The Balaban J connectivity index is 2.15. The smallest absolute Gasteiger partial charge is 0.254 e. The maximum Gasteiger partial charge on any atom is 0.254 e. The Bertz CT molecular complexity index is 576. The molecule has 2 rings (SSSR count). The highest BCUT2D eigenvalue weighted by molar-refractivity contribution is 5.93. The molecule has 19 heavy (non-hydrogen) atoms. The van der Waals surface area contributed by atoms with Crippen LogP contribution in [0.1, 0.15) is 22.8 Å². The van der Waals surface area contributed by atoms with Gasteiger partial charge in [0.2, 0.25) is 0 Å². The fraction of sp³-hybridized carbons (Fsp3) is 0.286. The maximum atomic E-state index is 11.8. The topological polar surface area (TPSA) is 67.2 Å². The van der Waals surface area contributed by atoms with E-state index >= 15 is 0 Å². The zero-order chi connectivity index (χ0) is 13.8. The Morgan fingerprint density at radius 1 is 1.47 bits per heavy atom. The molecule has 1 amide bonds. The standard InChI is InChI=1S/C14H17N3O2/c1-10-5-3-4-6-13(10)17-9-12(8-16-17)14(19)15-7-11(2)18/h3-6,8-9,11,18H,7H2,1-2H3,(H,15,19). The van der Waals surface area contributed by atoms with Crippen LogP contribution >= 0.6 is 0 Å². The highest BCUT2D eigenvalue weighted by Gasteiger charge is 2.10. The lowest BCUT2D eigenvalue weighted by molar-refractivity contribution is 0.0924. The van der Waals surface area contributed by atoms with Crippen LogP contribution in [0.4, 0.5) is 0 Å². The van der Waals surface area contributed by atoms with E-state index < -0.39 is 6.10 Å². The van der Waals surface area contributed by atoms with E-state index in [2.05, 4.69) is 10.4 Å². The minimum atomic E-state index is -0.560. The lowest BCUT2D eigenvalue weighted by Crippen LogP contribution is -2.30. The van der Waals surface area contributed by atoms with Crippen molar-refractivity contribution in [2.75, 3.05) is 6.54 Å². The predicted molar refractivity (Wildman–Crippen MR) is 72.3 cm³/mol. The summed E-state index contributed by atoms with van der Waals surface area (Å²) in [6.07, 6.45) is 2.64. The summed E-state index contributed by atoms with van der Waals surface area (Å²) in [6, 6.07) is 7.82. The molecule has 1 heterocycles. The summed E-state index contributed by atoms with van der Waals surface area (Å²) in [5, 5.41) is 16.0. The van der Waals surface area contributed by atoms with Gasteiger partial charge < -0.3 is 10.4 Å². The zero-order valence-corrected chi connectivity index (χ0v) is 11.0. The van der Waals surface area contributed by atoms with Crippen molar-refractivity contribution >= 4 is 5.91 Å². The first-order chi connectivity index (χ1) is 9.08. The third-order valence-electron chi connectivity index (χ3n) is 2.77. The highest BCUT2D eigenvalue weighted by atomic mass is 16.3. The molecule has 2 N–H and O–H groups in total. The van der Waals surface area contributed by atoms with Gasteiger partial charge in [-0.3, -0.25) is 4.79 Å². The zero-order valence-electron chi connectivity index (χ0n) is 11.0. The molecular formula is C14H17N3O2. The molecule has 1 aromatic carbocycles. The predicted octanol–water partition coefficient (Wildman–Crippen LogP) is 1.29. The molecule has 0 bridgehead atoms. The van der Waals surface area contributed by atoms with Crippen LogP contribution in [0.2, 0.25) is 0 Å². The van der Waals surface area contributed by atoms with Gasteiger partial charge in [-0.2, -0.15) is 5.10 Å². The first-order valence-electron chi connectivity index (χ1n) is 6.15. The van der Waals surface area contributed by atoms with Crippen molar-refractivity contribution in [3.8, 4) is 5.69 Å². The van der Waals surface area contributed by atoms with E-state index in [9.17, 15) is 4.79 Å². The third-order valence-corrected chi connectivity index (χ3v) is 2.77. The Labute approximate surface area is 111 Å². The summed E-state index contributed by atoms with van der Waals surface area (Å²) in [5.41, 5.74) is 2.50. The number of hydrogen-bond donors (Lipinski definition) is 2. The number of nitrogens with zero attached hydrogens (tertiary/aromatic N) is 2. The number of benzene rings is 1. The minimum Gasteiger partial charge on any atom is -0.392 e. The second-order valence-corrected chi connectivity index (χ2v) is 4.52. The lowest BCUT2D eigenvalue weighted by atomic mass is 10.2. The molecule has 1 aromatic heterocycles. The van der Waals surface area contributed by atoms with Crippen LogP contribution in [-0.4, -0.2) is 33.4 Å². The fourth-order valence-corrected chi connectivity index (χ4v) is 1.73. The number of nitrogens with one attached hydrogen (secondary N) is 1. The molecule has 0 saturated heterocycles. The van der Waals surface area contributed by atoms with Gasteiger partial charge in [0.15, 0.2) is 0 Å². The summed E-state index contributed by atoms with van der Waals surface area (Å²) in [7, 11) is 0. The number of amides is 1. The van der Waals surface area contributed by atoms with Crippen molar-refractivity contribution in [2.24, 2.45) is 0 Å². The van der Waals surface area contributed by atoms with Crippen LogP contribution in [0, 0.1) is 6.92 Å². The molecule has 0 saturated carbocycles. The summed E-state index contributed by atoms with van der Waals surface area (Å²) in [5.74, 6) is -0.235. The molecule has 2 aromatic rings. The van der Waals surface area contributed by atoms with Crippen LogP contribution in [0.3, 0.4) is 0 Å². The number of aliphatic hydroxyl groups excluding tert-OH is 1. The molecule has 1 unspecified atom stereocenters. The number of aliphatic hydroxyl groups is 1. The Kier molecular flexibility index (Phi) is 3.97. The molecule has 100 valence electrons. The Morgan fingerprint density at radius 2 is 2.21 bits per heavy atom. The van der Waals surface area contributed by atoms with Crippen molar-refractivity contribution in [3.63, 3.8) is 0 Å². The normalized spacial score (nSPS) is 12.2. The van der Waals surface area contributed by atoms with Crippen LogP contribution < -0.4 is 5.32 Å². The third kappa shape index (κ3) is 3.20. The lowest BCUT2D eigenvalue weighted by Gasteiger charge is -2.05. The largest absolute Gasteiger partial charge is 0.392 e. The Hall–Kier alpha value is -2.14. The number of rotatable bonds is 4. The first-order valence-corrected chi connectivity index (χ1v) is 6.15. The van der Waals surface area contributed by atoms with E-state index in [0.29, 0.717) is 5.56 Å². The van der Waals surface area contributed by atoms with Gasteiger partial charge in [-0.05, 0) is 25.5 Å². The number of carbonyl (C=O) groups excluding carboxylic acids is 1. The van der Waals surface area contributed by atoms with E-state index in [1.54, 1.807) is 17.8 Å². The molecular weight excluding hydrogens is 242 g/mol. The average Bonchev–Trinajstić information content (AvgIpc) is 2.86. The van der Waals surface area contributed by atoms with E-state index in [4.69, 9.17) is 5.11 Å². The van der Waals surface area contributed by atoms with Crippen LogP contribution in [0.25, 0.3) is 5.69 Å². The van der Waals surface area contributed by atoms with Crippen molar-refractivity contribution in [2.45, 2.75) is 20.0 Å². The van der Waals surface area contributed by atoms with Crippen LogP contribution in [-0.2, 0) is 0 Å².